The van der Waals surface area contributed by atoms with Gasteiger partial charge in [-0.15, -0.1) is 0 Å². The highest BCUT2D eigenvalue weighted by Crippen LogP contribution is 2.36. The molecular weight excluding hydrogens is 348 g/mol. The standard InChI is InChI=1S/C16H27BrO3Si/c1-12(11-19-21(6,7)16(2,3)4)20-15-9-13(17)8-14(10-15)18-5/h8-10,12H,11H2,1-7H3/t12-/m0/s1. The van der Waals surface area contributed by atoms with Gasteiger partial charge in [-0.05, 0) is 37.2 Å². The van der Waals surface area contributed by atoms with Crippen LogP contribution in [0.4, 0.5) is 0 Å². The van der Waals surface area contributed by atoms with Gasteiger partial charge in [0.05, 0.1) is 13.7 Å². The smallest absolute Gasteiger partial charge is 0.192 e. The molecule has 0 aliphatic rings. The normalized spacial score (nSPS) is 13.9. The van der Waals surface area contributed by atoms with Gasteiger partial charge in [0.2, 0.25) is 0 Å². The van der Waals surface area contributed by atoms with E-state index in [-0.39, 0.29) is 11.1 Å². The van der Waals surface area contributed by atoms with E-state index in [2.05, 4.69) is 49.8 Å². The van der Waals surface area contributed by atoms with Crippen LogP contribution in [-0.4, -0.2) is 28.1 Å². The molecule has 3 nitrogen and oxygen atoms in total. The Morgan fingerprint density at radius 1 is 1.14 bits per heavy atom. The van der Waals surface area contributed by atoms with E-state index in [0.717, 1.165) is 16.0 Å². The zero-order valence-corrected chi connectivity index (χ0v) is 16.7. The number of benzene rings is 1. The van der Waals surface area contributed by atoms with Gasteiger partial charge in [-0.3, -0.25) is 0 Å². The highest BCUT2D eigenvalue weighted by molar-refractivity contribution is 9.10. The minimum absolute atomic E-state index is 0.00173. The molecule has 0 aliphatic carbocycles. The van der Waals surface area contributed by atoms with Gasteiger partial charge < -0.3 is 13.9 Å². The molecule has 0 saturated carbocycles. The van der Waals surface area contributed by atoms with Gasteiger partial charge in [-0.25, -0.2) is 0 Å². The lowest BCUT2D eigenvalue weighted by Crippen LogP contribution is -2.43. The molecule has 0 radical (unpaired) electrons. The molecule has 21 heavy (non-hydrogen) atoms. The van der Waals surface area contributed by atoms with E-state index < -0.39 is 8.32 Å². The molecule has 0 saturated heterocycles. The SMILES string of the molecule is COc1cc(Br)cc(O[C@@H](C)CO[Si](C)(C)C(C)(C)C)c1. The Balaban J connectivity index is 2.62. The molecule has 5 heteroatoms. The first-order valence-corrected chi connectivity index (χ1v) is 10.9. The molecule has 0 unspecified atom stereocenters. The molecule has 120 valence electrons. The average molecular weight is 375 g/mol. The Bertz CT molecular complexity index is 469. The fourth-order valence-corrected chi connectivity index (χ4v) is 3.07. The fraction of sp³-hybridized carbons (Fsp3) is 0.625. The third kappa shape index (κ3) is 5.64. The number of methoxy groups -OCH3 is 1. The summed E-state index contributed by atoms with van der Waals surface area (Å²) in [7, 11) is -0.0792. The third-order valence-corrected chi connectivity index (χ3v) is 8.86. The highest BCUT2D eigenvalue weighted by atomic mass is 79.9. The van der Waals surface area contributed by atoms with Crippen LogP contribution in [0, 0.1) is 0 Å². The van der Waals surface area contributed by atoms with Crippen LogP contribution < -0.4 is 9.47 Å². The van der Waals surface area contributed by atoms with Crippen LogP contribution in [0.5, 0.6) is 11.5 Å². The summed E-state index contributed by atoms with van der Waals surface area (Å²) in [6, 6.07) is 5.72. The van der Waals surface area contributed by atoms with Gasteiger partial charge >= 0.3 is 0 Å². The van der Waals surface area contributed by atoms with Crippen LogP contribution in [0.2, 0.25) is 18.1 Å². The van der Waals surface area contributed by atoms with Crippen LogP contribution in [0.25, 0.3) is 0 Å². The largest absolute Gasteiger partial charge is 0.497 e. The van der Waals surface area contributed by atoms with Gasteiger partial charge in [0.1, 0.15) is 17.6 Å². The summed E-state index contributed by atoms with van der Waals surface area (Å²) in [6.07, 6.45) is -0.00173. The Morgan fingerprint density at radius 3 is 2.24 bits per heavy atom. The van der Waals surface area contributed by atoms with Gasteiger partial charge in [0, 0.05) is 10.5 Å². The van der Waals surface area contributed by atoms with Crippen molar-refractivity contribution in [3.8, 4) is 11.5 Å². The molecule has 0 aliphatic heterocycles. The molecule has 0 amide bonds. The van der Waals surface area contributed by atoms with Crippen molar-refractivity contribution in [1.82, 2.24) is 0 Å². The summed E-state index contributed by atoms with van der Waals surface area (Å²) in [4.78, 5) is 0. The Morgan fingerprint density at radius 2 is 1.71 bits per heavy atom. The second kappa shape index (κ2) is 7.16. The van der Waals surface area contributed by atoms with E-state index in [0.29, 0.717) is 6.61 Å². The van der Waals surface area contributed by atoms with Crippen molar-refractivity contribution in [3.63, 3.8) is 0 Å². The van der Waals surface area contributed by atoms with E-state index >= 15 is 0 Å². The Labute approximate surface area is 138 Å². The minimum Gasteiger partial charge on any atom is -0.497 e. The number of hydrogen-bond acceptors (Lipinski definition) is 3. The maximum absolute atomic E-state index is 6.19. The van der Waals surface area contributed by atoms with Crippen LogP contribution in [0.1, 0.15) is 27.7 Å². The van der Waals surface area contributed by atoms with Gasteiger partial charge in [-0.1, -0.05) is 36.7 Å². The third-order valence-electron chi connectivity index (χ3n) is 3.90. The van der Waals surface area contributed by atoms with Crippen molar-refractivity contribution >= 4 is 24.2 Å². The van der Waals surface area contributed by atoms with E-state index in [1.807, 2.05) is 25.1 Å². The Kier molecular flexibility index (Phi) is 6.32. The van der Waals surface area contributed by atoms with E-state index in [9.17, 15) is 0 Å². The summed E-state index contributed by atoms with van der Waals surface area (Å²) in [6.45, 7) is 13.9. The molecule has 0 heterocycles. The molecule has 0 aromatic heterocycles. The van der Waals surface area contributed by atoms with Crippen LogP contribution >= 0.6 is 15.9 Å². The predicted octanol–water partition coefficient (Wildman–Crippen LogP) is 5.25. The first kappa shape index (κ1) is 18.5. The number of hydrogen-bond donors (Lipinski definition) is 0. The van der Waals surface area contributed by atoms with Crippen LogP contribution in [-0.2, 0) is 4.43 Å². The first-order valence-electron chi connectivity index (χ1n) is 7.20. The predicted molar refractivity (Wildman–Crippen MR) is 93.9 cm³/mol. The van der Waals surface area contributed by atoms with E-state index in [1.165, 1.54) is 0 Å². The highest BCUT2D eigenvalue weighted by Gasteiger charge is 2.37. The first-order chi connectivity index (χ1) is 9.55. The second-order valence-electron chi connectivity index (χ2n) is 6.83. The fourth-order valence-electron chi connectivity index (χ4n) is 1.53. The molecule has 1 aromatic rings. The number of ether oxygens (including phenoxy) is 2. The van der Waals surface area contributed by atoms with Gasteiger partial charge in [0.15, 0.2) is 8.32 Å². The number of halogens is 1. The van der Waals surface area contributed by atoms with Crippen molar-refractivity contribution in [2.45, 2.75) is 51.9 Å². The Hall–Kier alpha value is -0.523. The summed E-state index contributed by atoms with van der Waals surface area (Å²) in [5.41, 5.74) is 0. The van der Waals surface area contributed by atoms with Crippen molar-refractivity contribution in [2.75, 3.05) is 13.7 Å². The lowest BCUT2D eigenvalue weighted by atomic mass is 10.2. The van der Waals surface area contributed by atoms with Crippen LogP contribution in [0.15, 0.2) is 22.7 Å². The second-order valence-corrected chi connectivity index (χ2v) is 12.6. The van der Waals surface area contributed by atoms with E-state index in [4.69, 9.17) is 13.9 Å². The summed E-state index contributed by atoms with van der Waals surface area (Å²) in [5.74, 6) is 1.56. The van der Waals surface area contributed by atoms with Gasteiger partial charge in [-0.2, -0.15) is 0 Å². The molecular formula is C16H27BrO3Si. The molecule has 1 atom stereocenters. The zero-order valence-electron chi connectivity index (χ0n) is 14.1. The van der Waals surface area contributed by atoms with Gasteiger partial charge in [0.25, 0.3) is 0 Å². The average Bonchev–Trinajstić information content (AvgIpc) is 2.34. The molecule has 1 aromatic carbocycles. The molecule has 1 rings (SSSR count). The maximum Gasteiger partial charge on any atom is 0.192 e. The van der Waals surface area contributed by atoms with Crippen LogP contribution in [0.3, 0.4) is 0 Å². The van der Waals surface area contributed by atoms with Crippen molar-refractivity contribution in [1.29, 1.82) is 0 Å². The van der Waals surface area contributed by atoms with Crippen molar-refractivity contribution < 1.29 is 13.9 Å². The van der Waals surface area contributed by atoms with Crippen molar-refractivity contribution in [2.24, 2.45) is 0 Å². The number of rotatable bonds is 6. The monoisotopic (exact) mass is 374 g/mol. The zero-order chi connectivity index (χ0) is 16.3. The summed E-state index contributed by atoms with van der Waals surface area (Å²) in [5, 5.41) is 0.214. The minimum atomic E-state index is -1.73. The topological polar surface area (TPSA) is 27.7 Å². The van der Waals surface area contributed by atoms with Crippen molar-refractivity contribution in [3.05, 3.63) is 22.7 Å². The quantitative estimate of drug-likeness (QED) is 0.636. The summed E-state index contributed by atoms with van der Waals surface area (Å²) < 4.78 is 18.3. The lowest BCUT2D eigenvalue weighted by molar-refractivity contribution is 0.133. The summed E-state index contributed by atoms with van der Waals surface area (Å²) >= 11 is 3.46. The van der Waals surface area contributed by atoms with E-state index in [1.54, 1.807) is 7.11 Å². The maximum atomic E-state index is 6.19. The lowest BCUT2D eigenvalue weighted by Gasteiger charge is -2.36. The molecule has 0 bridgehead atoms. The molecule has 0 fully saturated rings. The molecule has 0 N–H and O–H groups in total. The molecule has 0 spiro atoms.